The summed E-state index contributed by atoms with van der Waals surface area (Å²) in [7, 11) is 0. The molecular formula is C16H29BrO. The first-order valence-corrected chi connectivity index (χ1v) is 8.63. The molecule has 0 amide bonds. The Bertz CT molecular complexity index is 205. The van der Waals surface area contributed by atoms with E-state index in [4.69, 9.17) is 4.74 Å². The highest BCUT2D eigenvalue weighted by atomic mass is 79.9. The van der Waals surface area contributed by atoms with Gasteiger partial charge in [-0.1, -0.05) is 55.0 Å². The summed E-state index contributed by atoms with van der Waals surface area (Å²) in [5, 5.41) is 1.15. The molecule has 0 aliphatic rings. The first-order chi connectivity index (χ1) is 8.91. The Labute approximate surface area is 122 Å². The van der Waals surface area contributed by atoms with E-state index in [0.29, 0.717) is 0 Å². The smallest absolute Gasteiger partial charge is 0.0575 e. The molecule has 0 fully saturated rings. The van der Waals surface area contributed by atoms with Crippen molar-refractivity contribution in [2.24, 2.45) is 0 Å². The number of hydrogen-bond donors (Lipinski definition) is 0. The zero-order valence-corrected chi connectivity index (χ0v) is 13.6. The SMILES string of the molecule is CCCCC#CCCOCCCCCCCCBr. The number of halogens is 1. The van der Waals surface area contributed by atoms with Crippen molar-refractivity contribution in [1.29, 1.82) is 0 Å². The average molecular weight is 317 g/mol. The molecular weight excluding hydrogens is 288 g/mol. The second-order valence-corrected chi connectivity index (χ2v) is 5.42. The molecule has 106 valence electrons. The minimum absolute atomic E-state index is 0.808. The topological polar surface area (TPSA) is 9.23 Å². The minimum Gasteiger partial charge on any atom is -0.380 e. The van der Waals surface area contributed by atoms with Crippen molar-refractivity contribution in [3.63, 3.8) is 0 Å². The summed E-state index contributed by atoms with van der Waals surface area (Å²) in [6.07, 6.45) is 12.3. The van der Waals surface area contributed by atoms with E-state index in [1.54, 1.807) is 0 Å². The molecule has 0 aromatic carbocycles. The van der Waals surface area contributed by atoms with Crippen molar-refractivity contribution >= 4 is 15.9 Å². The molecule has 0 bridgehead atoms. The summed E-state index contributed by atoms with van der Waals surface area (Å²) in [4.78, 5) is 0. The normalized spacial score (nSPS) is 10.1. The van der Waals surface area contributed by atoms with Crippen LogP contribution < -0.4 is 0 Å². The molecule has 0 heterocycles. The van der Waals surface area contributed by atoms with Gasteiger partial charge >= 0.3 is 0 Å². The summed E-state index contributed by atoms with van der Waals surface area (Å²) in [6.45, 7) is 3.92. The van der Waals surface area contributed by atoms with Crippen LogP contribution in [0.2, 0.25) is 0 Å². The molecule has 0 unspecified atom stereocenters. The molecule has 0 N–H and O–H groups in total. The quantitative estimate of drug-likeness (QED) is 0.269. The van der Waals surface area contributed by atoms with Crippen LogP contribution >= 0.6 is 15.9 Å². The van der Waals surface area contributed by atoms with Gasteiger partial charge in [0.05, 0.1) is 6.61 Å². The lowest BCUT2D eigenvalue weighted by Crippen LogP contribution is -1.96. The van der Waals surface area contributed by atoms with Gasteiger partial charge in [-0.25, -0.2) is 0 Å². The number of alkyl halides is 1. The summed E-state index contributed by atoms with van der Waals surface area (Å²) < 4.78 is 5.56. The van der Waals surface area contributed by atoms with Crippen LogP contribution in [0, 0.1) is 11.8 Å². The molecule has 0 aromatic heterocycles. The zero-order valence-electron chi connectivity index (χ0n) is 12.0. The van der Waals surface area contributed by atoms with E-state index in [9.17, 15) is 0 Å². The first kappa shape index (κ1) is 18.0. The summed E-state index contributed by atoms with van der Waals surface area (Å²) in [6, 6.07) is 0. The minimum atomic E-state index is 0.808. The van der Waals surface area contributed by atoms with Crippen molar-refractivity contribution in [3.05, 3.63) is 0 Å². The summed E-state index contributed by atoms with van der Waals surface area (Å²) in [5.74, 6) is 6.35. The van der Waals surface area contributed by atoms with Gasteiger partial charge in [-0.05, 0) is 19.3 Å². The lowest BCUT2D eigenvalue weighted by atomic mass is 10.1. The number of hydrogen-bond acceptors (Lipinski definition) is 1. The molecule has 0 aliphatic carbocycles. The van der Waals surface area contributed by atoms with Gasteiger partial charge in [0.25, 0.3) is 0 Å². The van der Waals surface area contributed by atoms with Gasteiger partial charge in [-0.2, -0.15) is 0 Å². The molecule has 0 aliphatic heterocycles. The monoisotopic (exact) mass is 316 g/mol. The highest BCUT2D eigenvalue weighted by Gasteiger charge is 1.91. The van der Waals surface area contributed by atoms with Crippen molar-refractivity contribution in [2.45, 2.75) is 71.1 Å². The third-order valence-electron chi connectivity index (χ3n) is 2.82. The van der Waals surface area contributed by atoms with Crippen LogP contribution in [0.5, 0.6) is 0 Å². The highest BCUT2D eigenvalue weighted by molar-refractivity contribution is 9.09. The Hall–Kier alpha value is 0. The fourth-order valence-corrected chi connectivity index (χ4v) is 2.07. The summed E-state index contributed by atoms with van der Waals surface area (Å²) in [5.41, 5.74) is 0. The van der Waals surface area contributed by atoms with E-state index in [-0.39, 0.29) is 0 Å². The largest absolute Gasteiger partial charge is 0.380 e. The van der Waals surface area contributed by atoms with Crippen LogP contribution in [0.1, 0.15) is 71.1 Å². The molecule has 0 saturated carbocycles. The van der Waals surface area contributed by atoms with Crippen LogP contribution in [-0.4, -0.2) is 18.5 Å². The Morgan fingerprint density at radius 1 is 0.778 bits per heavy atom. The predicted molar refractivity (Wildman–Crippen MR) is 84.2 cm³/mol. The van der Waals surface area contributed by atoms with E-state index in [0.717, 1.165) is 31.4 Å². The van der Waals surface area contributed by atoms with Gasteiger partial charge in [0.2, 0.25) is 0 Å². The Morgan fingerprint density at radius 2 is 1.44 bits per heavy atom. The number of ether oxygens (including phenoxy) is 1. The lowest BCUT2D eigenvalue weighted by Gasteiger charge is -2.02. The van der Waals surface area contributed by atoms with Gasteiger partial charge < -0.3 is 4.74 Å². The van der Waals surface area contributed by atoms with Crippen molar-refractivity contribution in [1.82, 2.24) is 0 Å². The van der Waals surface area contributed by atoms with Gasteiger partial charge in [0.1, 0.15) is 0 Å². The fourth-order valence-electron chi connectivity index (χ4n) is 1.67. The van der Waals surface area contributed by atoms with Gasteiger partial charge in [0, 0.05) is 24.8 Å². The molecule has 0 rings (SSSR count). The van der Waals surface area contributed by atoms with E-state index in [2.05, 4.69) is 34.7 Å². The first-order valence-electron chi connectivity index (χ1n) is 7.51. The van der Waals surface area contributed by atoms with Gasteiger partial charge in [-0.15, -0.1) is 11.8 Å². The highest BCUT2D eigenvalue weighted by Crippen LogP contribution is 2.06. The molecule has 0 saturated heterocycles. The maximum atomic E-state index is 5.56. The maximum Gasteiger partial charge on any atom is 0.0575 e. The van der Waals surface area contributed by atoms with Crippen molar-refractivity contribution < 1.29 is 4.74 Å². The number of rotatable bonds is 12. The Balaban J connectivity index is 3.00. The predicted octanol–water partition coefficient (Wildman–Crippen LogP) is 5.32. The molecule has 0 radical (unpaired) electrons. The molecule has 0 spiro atoms. The van der Waals surface area contributed by atoms with Gasteiger partial charge in [-0.3, -0.25) is 0 Å². The van der Waals surface area contributed by atoms with E-state index < -0.39 is 0 Å². The second-order valence-electron chi connectivity index (χ2n) is 4.63. The summed E-state index contributed by atoms with van der Waals surface area (Å²) >= 11 is 3.46. The third-order valence-corrected chi connectivity index (χ3v) is 3.38. The van der Waals surface area contributed by atoms with Crippen LogP contribution in [0.25, 0.3) is 0 Å². The van der Waals surface area contributed by atoms with E-state index >= 15 is 0 Å². The van der Waals surface area contributed by atoms with Crippen LogP contribution in [0.3, 0.4) is 0 Å². The van der Waals surface area contributed by atoms with E-state index in [1.807, 2.05) is 0 Å². The maximum absolute atomic E-state index is 5.56. The molecule has 2 heteroatoms. The standard InChI is InChI=1S/C16H29BrO/c1-2-3-4-5-9-12-15-18-16-13-10-7-6-8-11-14-17/h2-4,6-8,10-16H2,1H3. The second kappa shape index (κ2) is 17.0. The zero-order chi connectivity index (χ0) is 13.3. The van der Waals surface area contributed by atoms with Crippen molar-refractivity contribution in [2.75, 3.05) is 18.5 Å². The molecule has 1 nitrogen and oxygen atoms in total. The Kier molecular flexibility index (Phi) is 17.0. The van der Waals surface area contributed by atoms with Crippen LogP contribution in [0.4, 0.5) is 0 Å². The lowest BCUT2D eigenvalue weighted by molar-refractivity contribution is 0.135. The number of unbranched alkanes of at least 4 members (excludes halogenated alkanes) is 7. The van der Waals surface area contributed by atoms with Crippen molar-refractivity contribution in [3.8, 4) is 11.8 Å². The molecule has 0 atom stereocenters. The average Bonchev–Trinajstić information content (AvgIpc) is 2.39. The fraction of sp³-hybridized carbons (Fsp3) is 0.875. The Morgan fingerprint density at radius 3 is 2.17 bits per heavy atom. The van der Waals surface area contributed by atoms with Gasteiger partial charge in [0.15, 0.2) is 0 Å². The molecule has 18 heavy (non-hydrogen) atoms. The third kappa shape index (κ3) is 16.0. The molecule has 0 aromatic rings. The van der Waals surface area contributed by atoms with Crippen LogP contribution in [-0.2, 0) is 4.74 Å². The van der Waals surface area contributed by atoms with Crippen LogP contribution in [0.15, 0.2) is 0 Å². The van der Waals surface area contributed by atoms with E-state index in [1.165, 1.54) is 51.4 Å².